The summed E-state index contributed by atoms with van der Waals surface area (Å²) in [5.41, 5.74) is 5.20. The fraction of sp³-hybridized carbons (Fsp3) is 0.440. The number of nitrogens with zero attached hydrogens (tertiary/aromatic N) is 3. The maximum Gasteiger partial charge on any atom is 0.270 e. The average Bonchev–Trinajstić information content (AvgIpc) is 3.39. The third-order valence-electron chi connectivity index (χ3n) is 6.54. The number of anilines is 1. The molecule has 0 unspecified atom stereocenters. The Balaban J connectivity index is 1.48. The molecule has 0 bridgehead atoms. The fourth-order valence-corrected chi connectivity index (χ4v) is 4.74. The van der Waals surface area contributed by atoms with Crippen molar-refractivity contribution in [3.63, 3.8) is 0 Å². The van der Waals surface area contributed by atoms with Crippen molar-refractivity contribution in [3.05, 3.63) is 53.6 Å². The Bertz CT molecular complexity index is 1090. The normalized spacial score (nSPS) is 15.2. The molecule has 33 heavy (non-hydrogen) atoms. The van der Waals surface area contributed by atoms with Crippen LogP contribution in [0.5, 0.6) is 0 Å². The molecule has 0 spiro atoms. The van der Waals surface area contributed by atoms with Crippen LogP contribution >= 0.6 is 0 Å². The molecule has 0 saturated heterocycles. The highest BCUT2D eigenvalue weighted by atomic mass is 16.2. The average molecular weight is 449 g/mol. The van der Waals surface area contributed by atoms with Crippen LogP contribution in [0.4, 0.5) is 5.69 Å². The lowest BCUT2D eigenvalue weighted by Crippen LogP contribution is -2.45. The number of amides is 2. The molecule has 1 fully saturated rings. The number of H-pyrrole nitrogens is 1. The number of carbonyl (C=O) groups excluding carboxylic acids is 2. The van der Waals surface area contributed by atoms with Crippen LogP contribution < -0.4 is 10.6 Å². The van der Waals surface area contributed by atoms with Crippen molar-refractivity contribution in [1.29, 1.82) is 0 Å². The molecule has 1 aromatic carbocycles. The molecule has 1 aliphatic carbocycles. The van der Waals surface area contributed by atoms with E-state index >= 15 is 0 Å². The van der Waals surface area contributed by atoms with Gasteiger partial charge in [0.1, 0.15) is 11.7 Å². The Kier molecular flexibility index (Phi) is 6.91. The van der Waals surface area contributed by atoms with Gasteiger partial charge in [-0.1, -0.05) is 44.2 Å². The number of aromatic nitrogens is 4. The van der Waals surface area contributed by atoms with Gasteiger partial charge >= 0.3 is 0 Å². The largest absolute Gasteiger partial charge is 0.339 e. The molecular formula is C25H32N6O2. The molecule has 3 N–H and O–H groups in total. The first-order valence-electron chi connectivity index (χ1n) is 11.6. The van der Waals surface area contributed by atoms with Crippen molar-refractivity contribution < 1.29 is 9.59 Å². The molecule has 1 aliphatic rings. The molecule has 2 amide bonds. The van der Waals surface area contributed by atoms with Crippen LogP contribution in [0, 0.1) is 19.8 Å². The van der Waals surface area contributed by atoms with Crippen LogP contribution in [-0.4, -0.2) is 37.8 Å². The van der Waals surface area contributed by atoms with Crippen LogP contribution in [0.1, 0.15) is 60.4 Å². The minimum absolute atomic E-state index is 0.195. The maximum atomic E-state index is 13.2. The van der Waals surface area contributed by atoms with E-state index in [0.717, 1.165) is 35.4 Å². The zero-order valence-electron chi connectivity index (χ0n) is 19.5. The van der Waals surface area contributed by atoms with Crippen molar-refractivity contribution in [2.45, 2.75) is 58.4 Å². The van der Waals surface area contributed by atoms with Gasteiger partial charge in [0.05, 0.1) is 5.69 Å². The molecule has 0 radical (unpaired) electrons. The highest BCUT2D eigenvalue weighted by Crippen LogP contribution is 2.29. The number of aromatic amines is 1. The summed E-state index contributed by atoms with van der Waals surface area (Å²) in [4.78, 5) is 26.0. The predicted octanol–water partition coefficient (Wildman–Crippen LogP) is 4.13. The summed E-state index contributed by atoms with van der Waals surface area (Å²) in [7, 11) is 1.72. The first kappa shape index (κ1) is 22.8. The van der Waals surface area contributed by atoms with Gasteiger partial charge in [-0.3, -0.25) is 19.4 Å². The van der Waals surface area contributed by atoms with Crippen molar-refractivity contribution in [3.8, 4) is 11.1 Å². The number of hydrogen-bond acceptors (Lipinski definition) is 4. The van der Waals surface area contributed by atoms with Gasteiger partial charge in [-0.05, 0) is 49.9 Å². The molecule has 2 heterocycles. The lowest BCUT2D eigenvalue weighted by atomic mass is 9.84. The Morgan fingerprint density at radius 3 is 2.45 bits per heavy atom. The summed E-state index contributed by atoms with van der Waals surface area (Å²) < 4.78 is 1.52. The van der Waals surface area contributed by atoms with Gasteiger partial charge in [0.25, 0.3) is 5.91 Å². The first-order valence-corrected chi connectivity index (χ1v) is 11.6. The summed E-state index contributed by atoms with van der Waals surface area (Å²) in [6.07, 6.45) is 8.03. The highest BCUT2D eigenvalue weighted by Gasteiger charge is 2.27. The maximum absolute atomic E-state index is 13.2. The van der Waals surface area contributed by atoms with Crippen molar-refractivity contribution in [2.24, 2.45) is 13.0 Å². The van der Waals surface area contributed by atoms with Gasteiger partial charge in [-0.2, -0.15) is 10.2 Å². The SMILES string of the molecule is Cc1n[nH]c(C)c1-c1ccc(NC(=O)[C@H](CC2CCCCC2)NC(=O)c2ccnn2C)cc1. The summed E-state index contributed by atoms with van der Waals surface area (Å²) >= 11 is 0. The van der Waals surface area contributed by atoms with E-state index in [1.807, 2.05) is 38.1 Å². The predicted molar refractivity (Wildman–Crippen MR) is 128 cm³/mol. The van der Waals surface area contributed by atoms with Crippen molar-refractivity contribution in [1.82, 2.24) is 25.3 Å². The zero-order valence-corrected chi connectivity index (χ0v) is 19.5. The highest BCUT2D eigenvalue weighted by molar-refractivity contribution is 6.00. The van der Waals surface area contributed by atoms with E-state index in [-0.39, 0.29) is 11.8 Å². The molecule has 8 nitrogen and oxygen atoms in total. The zero-order chi connectivity index (χ0) is 23.4. The Labute approximate surface area is 194 Å². The van der Waals surface area contributed by atoms with Crippen LogP contribution in [-0.2, 0) is 11.8 Å². The third-order valence-corrected chi connectivity index (χ3v) is 6.54. The molecule has 2 aromatic heterocycles. The monoisotopic (exact) mass is 448 g/mol. The number of benzene rings is 1. The molecule has 174 valence electrons. The van der Waals surface area contributed by atoms with E-state index in [2.05, 4.69) is 25.9 Å². The van der Waals surface area contributed by atoms with Gasteiger partial charge in [0, 0.05) is 30.2 Å². The molecule has 4 rings (SSSR count). The molecule has 8 heteroatoms. The lowest BCUT2D eigenvalue weighted by Gasteiger charge is -2.26. The molecule has 1 saturated carbocycles. The molecule has 1 atom stereocenters. The fourth-order valence-electron chi connectivity index (χ4n) is 4.74. The van der Waals surface area contributed by atoms with E-state index in [9.17, 15) is 9.59 Å². The minimum Gasteiger partial charge on any atom is -0.339 e. The van der Waals surface area contributed by atoms with Crippen molar-refractivity contribution >= 4 is 17.5 Å². The number of aryl methyl sites for hydroxylation is 3. The Hall–Kier alpha value is -3.42. The van der Waals surface area contributed by atoms with Gasteiger partial charge in [-0.25, -0.2) is 0 Å². The minimum atomic E-state index is -0.603. The van der Waals surface area contributed by atoms with Gasteiger partial charge in [-0.15, -0.1) is 0 Å². The topological polar surface area (TPSA) is 105 Å². The van der Waals surface area contributed by atoms with E-state index < -0.39 is 6.04 Å². The van der Waals surface area contributed by atoms with E-state index in [0.29, 0.717) is 23.7 Å². The summed E-state index contributed by atoms with van der Waals surface area (Å²) in [6, 6.07) is 8.78. The van der Waals surface area contributed by atoms with Crippen molar-refractivity contribution in [2.75, 3.05) is 5.32 Å². The Morgan fingerprint density at radius 2 is 1.85 bits per heavy atom. The van der Waals surface area contributed by atoms with Gasteiger partial charge in [0.2, 0.25) is 5.91 Å². The van der Waals surface area contributed by atoms with Crippen LogP contribution in [0.3, 0.4) is 0 Å². The van der Waals surface area contributed by atoms with Crippen LogP contribution in [0.25, 0.3) is 11.1 Å². The Morgan fingerprint density at radius 1 is 1.12 bits per heavy atom. The van der Waals surface area contributed by atoms with E-state index in [1.54, 1.807) is 19.3 Å². The van der Waals surface area contributed by atoms with Gasteiger partial charge < -0.3 is 10.6 Å². The summed E-state index contributed by atoms with van der Waals surface area (Å²) in [5.74, 6) is -0.0394. The molecule has 3 aromatic rings. The smallest absolute Gasteiger partial charge is 0.270 e. The second-order valence-corrected chi connectivity index (χ2v) is 8.98. The number of nitrogens with one attached hydrogen (secondary N) is 3. The number of rotatable bonds is 7. The second-order valence-electron chi connectivity index (χ2n) is 8.98. The van der Waals surface area contributed by atoms with Crippen LogP contribution in [0.15, 0.2) is 36.5 Å². The van der Waals surface area contributed by atoms with E-state index in [1.165, 1.54) is 23.9 Å². The lowest BCUT2D eigenvalue weighted by molar-refractivity contribution is -0.118. The second kappa shape index (κ2) is 10.0. The quantitative estimate of drug-likeness (QED) is 0.505. The first-order chi connectivity index (χ1) is 15.9. The molecular weight excluding hydrogens is 416 g/mol. The number of hydrogen-bond donors (Lipinski definition) is 3. The summed E-state index contributed by atoms with van der Waals surface area (Å²) in [6.45, 7) is 3.96. The van der Waals surface area contributed by atoms with E-state index in [4.69, 9.17) is 0 Å². The standard InChI is InChI=1S/C25H32N6O2/c1-16-23(17(2)30-29-16)19-9-11-20(12-10-19)27-24(32)21(15-18-7-5-4-6-8-18)28-25(33)22-13-14-26-31(22)3/h9-14,18,21H,4-8,15H2,1-3H3,(H,27,32)(H,28,33)(H,29,30)/t21-/m0/s1. The summed E-state index contributed by atoms with van der Waals surface area (Å²) in [5, 5.41) is 17.3. The third kappa shape index (κ3) is 5.32. The number of carbonyl (C=O) groups is 2. The molecule has 0 aliphatic heterocycles. The van der Waals surface area contributed by atoms with Gasteiger partial charge in [0.15, 0.2) is 0 Å². The van der Waals surface area contributed by atoms with Crippen LogP contribution in [0.2, 0.25) is 0 Å².